The normalized spacial score (nSPS) is 18.0. The van der Waals surface area contributed by atoms with E-state index in [1.807, 2.05) is 30.3 Å². The van der Waals surface area contributed by atoms with Gasteiger partial charge >= 0.3 is 0 Å². The van der Waals surface area contributed by atoms with Crippen molar-refractivity contribution in [1.29, 1.82) is 0 Å². The Bertz CT molecular complexity index is 1330. The Morgan fingerprint density at radius 1 is 0.911 bits per heavy atom. The third-order valence-electron chi connectivity index (χ3n) is 8.33. The monoisotopic (exact) mass is 617 g/mol. The number of ether oxygens (including phenoxy) is 3. The molecule has 3 aromatic rings. The second-order valence-corrected chi connectivity index (χ2v) is 11.9. The molecule has 0 bridgehead atoms. The van der Waals surface area contributed by atoms with Gasteiger partial charge < -0.3 is 19.5 Å². The van der Waals surface area contributed by atoms with Crippen molar-refractivity contribution in [2.24, 2.45) is 5.92 Å². The third-order valence-corrected chi connectivity index (χ3v) is 8.33. The van der Waals surface area contributed by atoms with Gasteiger partial charge in [-0.25, -0.2) is 4.39 Å². The predicted molar refractivity (Wildman–Crippen MR) is 172 cm³/mol. The lowest BCUT2D eigenvalue weighted by Crippen LogP contribution is -2.49. The number of benzene rings is 3. The van der Waals surface area contributed by atoms with Crippen molar-refractivity contribution in [3.63, 3.8) is 0 Å². The van der Waals surface area contributed by atoms with Gasteiger partial charge in [0.1, 0.15) is 23.1 Å². The molecule has 45 heavy (non-hydrogen) atoms. The lowest BCUT2D eigenvalue weighted by molar-refractivity contribution is -0.123. The van der Waals surface area contributed by atoms with Crippen LogP contribution in [0.5, 0.6) is 11.5 Å². The maximum Gasteiger partial charge on any atom is 0.229 e. The molecule has 2 unspecified atom stereocenters. The van der Waals surface area contributed by atoms with Gasteiger partial charge in [-0.3, -0.25) is 19.4 Å². The largest absolute Gasteiger partial charge is 0.457 e. The van der Waals surface area contributed by atoms with E-state index in [4.69, 9.17) is 14.2 Å². The van der Waals surface area contributed by atoms with E-state index in [-0.39, 0.29) is 24.1 Å². The van der Waals surface area contributed by atoms with Crippen LogP contribution in [0.25, 0.3) is 0 Å². The first-order valence-electron chi connectivity index (χ1n) is 16.0. The van der Waals surface area contributed by atoms with E-state index in [9.17, 15) is 14.0 Å². The van der Waals surface area contributed by atoms with Gasteiger partial charge in [-0.1, -0.05) is 30.3 Å². The molecule has 0 radical (unpaired) electrons. The zero-order valence-electron chi connectivity index (χ0n) is 25.9. The summed E-state index contributed by atoms with van der Waals surface area (Å²) in [5.74, 6) is 0.429. The van der Waals surface area contributed by atoms with Crippen molar-refractivity contribution in [3.8, 4) is 11.5 Å². The van der Waals surface area contributed by atoms with Crippen molar-refractivity contribution in [2.45, 2.75) is 44.8 Å². The smallest absolute Gasteiger partial charge is 0.229 e. The highest BCUT2D eigenvalue weighted by molar-refractivity contribution is 5.92. The fourth-order valence-corrected chi connectivity index (χ4v) is 5.75. The number of anilines is 1. The highest BCUT2D eigenvalue weighted by Crippen LogP contribution is 2.24. The molecule has 240 valence electrons. The highest BCUT2D eigenvalue weighted by Gasteiger charge is 2.24. The molecule has 3 aromatic carbocycles. The summed E-state index contributed by atoms with van der Waals surface area (Å²) in [4.78, 5) is 30.9. The Labute approximate surface area is 265 Å². The molecule has 2 fully saturated rings. The first-order valence-corrected chi connectivity index (χ1v) is 16.0. The van der Waals surface area contributed by atoms with Gasteiger partial charge in [-0.15, -0.1) is 0 Å². The molecule has 0 aliphatic carbocycles. The van der Waals surface area contributed by atoms with Crippen LogP contribution in [-0.4, -0.2) is 80.1 Å². The quantitative estimate of drug-likeness (QED) is 0.214. The Morgan fingerprint density at radius 2 is 1.60 bits per heavy atom. The summed E-state index contributed by atoms with van der Waals surface area (Å²) in [5, 5.41) is 2.99. The molecule has 8 nitrogen and oxygen atoms in total. The van der Waals surface area contributed by atoms with Gasteiger partial charge in [-0.05, 0) is 79.8 Å². The van der Waals surface area contributed by atoms with Gasteiger partial charge in [0.25, 0.3) is 0 Å². The molecule has 1 amide bonds. The molecule has 0 saturated carbocycles. The highest BCUT2D eigenvalue weighted by atomic mass is 19.1. The minimum absolute atomic E-state index is 0.148. The average molecular weight is 618 g/mol. The van der Waals surface area contributed by atoms with Crippen LogP contribution in [0.3, 0.4) is 0 Å². The van der Waals surface area contributed by atoms with Crippen LogP contribution < -0.4 is 10.1 Å². The average Bonchev–Trinajstić information content (AvgIpc) is 3.57. The Morgan fingerprint density at radius 3 is 2.29 bits per heavy atom. The Kier molecular flexibility index (Phi) is 12.5. The van der Waals surface area contributed by atoms with Crippen LogP contribution >= 0.6 is 0 Å². The maximum atomic E-state index is 13.3. The van der Waals surface area contributed by atoms with Crippen molar-refractivity contribution in [2.75, 3.05) is 57.8 Å². The predicted octanol–water partition coefficient (Wildman–Crippen LogP) is 5.93. The zero-order valence-corrected chi connectivity index (χ0v) is 25.9. The van der Waals surface area contributed by atoms with Crippen molar-refractivity contribution in [3.05, 3.63) is 90.2 Å². The topological polar surface area (TPSA) is 80.3 Å². The van der Waals surface area contributed by atoms with Crippen molar-refractivity contribution < 1.29 is 28.2 Å². The number of carbonyl (C=O) groups is 2. The number of halogens is 1. The van der Waals surface area contributed by atoms with Gasteiger partial charge in [0.2, 0.25) is 5.91 Å². The second-order valence-electron chi connectivity index (χ2n) is 11.9. The number of hydrogen-bond acceptors (Lipinski definition) is 7. The fourth-order valence-electron chi connectivity index (χ4n) is 5.75. The van der Waals surface area contributed by atoms with E-state index < -0.39 is 5.92 Å². The number of piperazine rings is 1. The summed E-state index contributed by atoms with van der Waals surface area (Å²) in [6, 6.07) is 22.7. The number of carbonyl (C=O) groups excluding carboxylic acids is 2. The molecule has 2 aliphatic heterocycles. The summed E-state index contributed by atoms with van der Waals surface area (Å²) >= 11 is 0. The molecule has 2 heterocycles. The lowest BCUT2D eigenvalue weighted by Gasteiger charge is -2.35. The van der Waals surface area contributed by atoms with Crippen molar-refractivity contribution in [1.82, 2.24) is 9.80 Å². The molecule has 0 spiro atoms. The first-order chi connectivity index (χ1) is 22.0. The number of amides is 1. The summed E-state index contributed by atoms with van der Waals surface area (Å²) in [6.45, 7) is 6.72. The van der Waals surface area contributed by atoms with Gasteiger partial charge in [0.15, 0.2) is 0 Å². The van der Waals surface area contributed by atoms with Gasteiger partial charge in [0.05, 0.1) is 31.8 Å². The van der Waals surface area contributed by atoms with Crippen LogP contribution in [0.4, 0.5) is 10.1 Å². The fraction of sp³-hybridized carbons (Fsp3) is 0.444. The van der Waals surface area contributed by atoms with E-state index in [0.29, 0.717) is 55.7 Å². The molecule has 2 aliphatic rings. The van der Waals surface area contributed by atoms with E-state index in [0.717, 1.165) is 57.7 Å². The molecule has 2 atom stereocenters. The van der Waals surface area contributed by atoms with E-state index in [1.165, 1.54) is 12.1 Å². The summed E-state index contributed by atoms with van der Waals surface area (Å²) in [5.41, 5.74) is 1.67. The minimum atomic E-state index is -0.405. The first kappa shape index (κ1) is 32.8. The summed E-state index contributed by atoms with van der Waals surface area (Å²) < 4.78 is 30.7. The number of rotatable bonds is 16. The number of nitrogens with zero attached hydrogens (tertiary/aromatic N) is 2. The molecule has 1 N–H and O–H groups in total. The van der Waals surface area contributed by atoms with E-state index in [1.54, 1.807) is 36.4 Å². The number of Topliss-reactive ketones (excluding diaryl/α,β-unsaturated/α-hetero) is 1. The summed E-state index contributed by atoms with van der Waals surface area (Å²) in [7, 11) is 0. The van der Waals surface area contributed by atoms with E-state index >= 15 is 0 Å². The second kappa shape index (κ2) is 17.2. The number of hydrogen-bond donors (Lipinski definition) is 1. The minimum Gasteiger partial charge on any atom is -0.457 e. The Balaban J connectivity index is 1.08. The number of ketones is 1. The molecule has 0 aromatic heterocycles. The molecular weight excluding hydrogens is 573 g/mol. The standard InChI is InChI=1S/C36H44FN3O5/c37-30-11-15-33(16-12-30)45-34-17-13-31(14-18-34)38-36(42)29(27-43-26-28-6-2-1-3-7-28)8-4-9-32(41)24-39-19-21-40(22-20-39)25-35-10-5-23-44-35/h1-3,6-7,11-18,29,35H,4-5,8-10,19-27H2,(H,38,42). The third kappa shape index (κ3) is 11.0. The SMILES string of the molecule is O=C(CCCC(COCc1ccccc1)C(=O)Nc1ccc(Oc2ccc(F)cc2)cc1)CN1CCN(CC2CCCO2)CC1. The van der Waals surface area contributed by atoms with Gasteiger partial charge in [-0.2, -0.15) is 0 Å². The molecular formula is C36H44FN3O5. The van der Waals surface area contributed by atoms with Gasteiger partial charge in [0, 0.05) is 51.4 Å². The van der Waals surface area contributed by atoms with Crippen LogP contribution in [-0.2, 0) is 25.7 Å². The van der Waals surface area contributed by atoms with E-state index in [2.05, 4.69) is 15.1 Å². The maximum absolute atomic E-state index is 13.3. The number of nitrogens with one attached hydrogen (secondary N) is 1. The molecule has 9 heteroatoms. The van der Waals surface area contributed by atoms with Crippen molar-refractivity contribution >= 4 is 17.4 Å². The molecule has 2 saturated heterocycles. The van der Waals surface area contributed by atoms with Crippen LogP contribution in [0.2, 0.25) is 0 Å². The molecule has 5 rings (SSSR count). The van der Waals surface area contributed by atoms with Crippen LogP contribution in [0.1, 0.15) is 37.7 Å². The Hall–Kier alpha value is -3.63. The lowest BCUT2D eigenvalue weighted by atomic mass is 10.00. The van der Waals surface area contributed by atoms with Crippen LogP contribution in [0, 0.1) is 11.7 Å². The van der Waals surface area contributed by atoms with Crippen LogP contribution in [0.15, 0.2) is 78.9 Å². The zero-order chi connectivity index (χ0) is 31.3. The summed E-state index contributed by atoms with van der Waals surface area (Å²) in [6.07, 6.45) is 4.27.